The highest BCUT2D eigenvalue weighted by Crippen LogP contribution is 2.33. The van der Waals surface area contributed by atoms with Gasteiger partial charge in [0.05, 0.1) is 35.1 Å². The van der Waals surface area contributed by atoms with Crippen molar-refractivity contribution in [2.24, 2.45) is 4.99 Å². The van der Waals surface area contributed by atoms with Gasteiger partial charge in [-0.2, -0.15) is 4.99 Å². The Bertz CT molecular complexity index is 1260. The number of fused-ring (bicyclic) bond motifs is 1. The fraction of sp³-hybridized carbons (Fsp3) is 0.333. The third-order valence-corrected chi connectivity index (χ3v) is 7.64. The first kappa shape index (κ1) is 23.3. The van der Waals surface area contributed by atoms with Crippen molar-refractivity contribution < 1.29 is 22.7 Å². The standard InChI is InChI=1S/C21H23ClN2O5S2/c1-4-10-24-16-12-17(28-2)18(29-3)13-19(16)30-21(24)23-20(25)9-11-31(26,27)15-7-5-14(22)6-8-15/h5-8,12-13H,4,9-11H2,1-3H3. The average Bonchev–Trinajstić information content (AvgIpc) is 3.07. The largest absolute Gasteiger partial charge is 0.493 e. The van der Waals surface area contributed by atoms with E-state index in [1.54, 1.807) is 14.2 Å². The third-order valence-electron chi connectivity index (χ3n) is 4.61. The third kappa shape index (κ3) is 5.28. The lowest BCUT2D eigenvalue weighted by Crippen LogP contribution is -2.18. The maximum Gasteiger partial charge on any atom is 0.249 e. The molecule has 1 aromatic heterocycles. The summed E-state index contributed by atoms with van der Waals surface area (Å²) >= 11 is 7.16. The van der Waals surface area contributed by atoms with Crippen molar-refractivity contribution in [2.45, 2.75) is 31.2 Å². The zero-order valence-electron chi connectivity index (χ0n) is 17.4. The molecule has 166 valence electrons. The topological polar surface area (TPSA) is 87.0 Å². The first-order valence-corrected chi connectivity index (χ1v) is 12.4. The number of halogens is 1. The molecule has 2 aromatic carbocycles. The Hall–Kier alpha value is -2.36. The smallest absolute Gasteiger partial charge is 0.249 e. The van der Waals surface area contributed by atoms with Crippen LogP contribution in [0.25, 0.3) is 10.2 Å². The molecule has 10 heteroatoms. The molecule has 3 rings (SSSR count). The summed E-state index contributed by atoms with van der Waals surface area (Å²) in [4.78, 5) is 17.4. The van der Waals surface area contributed by atoms with Crippen LogP contribution in [0.2, 0.25) is 5.02 Å². The summed E-state index contributed by atoms with van der Waals surface area (Å²) < 4.78 is 38.5. The fourth-order valence-electron chi connectivity index (χ4n) is 3.07. The van der Waals surface area contributed by atoms with E-state index < -0.39 is 15.7 Å². The van der Waals surface area contributed by atoms with Crippen LogP contribution in [0.5, 0.6) is 11.5 Å². The summed E-state index contributed by atoms with van der Waals surface area (Å²) in [5.41, 5.74) is 0.879. The summed E-state index contributed by atoms with van der Waals surface area (Å²) in [6.07, 6.45) is 0.629. The molecule has 0 atom stereocenters. The van der Waals surface area contributed by atoms with E-state index in [2.05, 4.69) is 4.99 Å². The second-order valence-electron chi connectivity index (χ2n) is 6.74. The molecule has 0 saturated carbocycles. The van der Waals surface area contributed by atoms with Gasteiger partial charge < -0.3 is 14.0 Å². The number of sulfone groups is 1. The van der Waals surface area contributed by atoms with Crippen molar-refractivity contribution in [2.75, 3.05) is 20.0 Å². The van der Waals surface area contributed by atoms with Crippen LogP contribution in [0, 0.1) is 0 Å². The normalized spacial score (nSPS) is 12.3. The Balaban J connectivity index is 1.91. The van der Waals surface area contributed by atoms with Crippen LogP contribution in [-0.4, -0.2) is 38.9 Å². The molecular weight excluding hydrogens is 460 g/mol. The molecule has 3 aromatic rings. The quantitative estimate of drug-likeness (QED) is 0.483. The molecule has 0 spiro atoms. The number of hydrogen-bond donors (Lipinski definition) is 0. The number of methoxy groups -OCH3 is 2. The summed E-state index contributed by atoms with van der Waals surface area (Å²) in [7, 11) is -0.475. The maximum atomic E-state index is 12.5. The van der Waals surface area contributed by atoms with Crippen molar-refractivity contribution in [1.82, 2.24) is 4.57 Å². The minimum atomic E-state index is -3.60. The first-order valence-electron chi connectivity index (χ1n) is 9.60. The summed E-state index contributed by atoms with van der Waals surface area (Å²) in [6, 6.07) is 9.58. The average molecular weight is 483 g/mol. The van der Waals surface area contributed by atoms with E-state index in [4.69, 9.17) is 21.1 Å². The van der Waals surface area contributed by atoms with Gasteiger partial charge in [0.1, 0.15) is 0 Å². The summed E-state index contributed by atoms with van der Waals surface area (Å²) in [5, 5.41) is 0.448. The monoisotopic (exact) mass is 482 g/mol. The van der Waals surface area contributed by atoms with E-state index in [9.17, 15) is 13.2 Å². The molecule has 0 bridgehead atoms. The molecule has 0 radical (unpaired) electrons. The minimum Gasteiger partial charge on any atom is -0.493 e. The van der Waals surface area contributed by atoms with Crippen LogP contribution in [0.1, 0.15) is 19.8 Å². The SMILES string of the molecule is CCCn1c(=NC(=O)CCS(=O)(=O)c2ccc(Cl)cc2)sc2cc(OC)c(OC)cc21. The van der Waals surface area contributed by atoms with E-state index in [1.165, 1.54) is 35.6 Å². The second-order valence-corrected chi connectivity index (χ2v) is 10.3. The molecule has 0 aliphatic heterocycles. The molecule has 0 saturated heterocycles. The van der Waals surface area contributed by atoms with E-state index in [0.717, 1.165) is 16.6 Å². The second kappa shape index (κ2) is 9.84. The molecular formula is C21H23ClN2O5S2. The van der Waals surface area contributed by atoms with Crippen molar-refractivity contribution in [3.05, 3.63) is 46.2 Å². The van der Waals surface area contributed by atoms with E-state index >= 15 is 0 Å². The van der Waals surface area contributed by atoms with E-state index in [0.29, 0.717) is 27.9 Å². The van der Waals surface area contributed by atoms with Crippen molar-refractivity contribution in [3.63, 3.8) is 0 Å². The highest BCUT2D eigenvalue weighted by atomic mass is 35.5. The van der Waals surface area contributed by atoms with Crippen molar-refractivity contribution in [1.29, 1.82) is 0 Å². The number of aromatic nitrogens is 1. The lowest BCUT2D eigenvalue weighted by molar-refractivity contribution is -0.117. The molecule has 0 unspecified atom stereocenters. The number of carbonyl (C=O) groups is 1. The molecule has 1 heterocycles. The maximum absolute atomic E-state index is 12.5. The van der Waals surface area contributed by atoms with Gasteiger partial charge in [-0.1, -0.05) is 29.9 Å². The van der Waals surface area contributed by atoms with Gasteiger partial charge in [0.2, 0.25) is 5.91 Å². The number of amides is 1. The molecule has 0 fully saturated rings. The van der Waals surface area contributed by atoms with Crippen LogP contribution in [-0.2, 0) is 21.2 Å². The molecule has 1 amide bonds. The van der Waals surface area contributed by atoms with Crippen LogP contribution < -0.4 is 14.3 Å². The molecule has 0 aliphatic carbocycles. The molecule has 0 aliphatic rings. The van der Waals surface area contributed by atoms with Gasteiger partial charge in [0, 0.05) is 30.1 Å². The van der Waals surface area contributed by atoms with Gasteiger partial charge in [0.15, 0.2) is 26.1 Å². The van der Waals surface area contributed by atoms with Gasteiger partial charge in [0.25, 0.3) is 0 Å². The predicted molar refractivity (Wildman–Crippen MR) is 122 cm³/mol. The number of thiazole rings is 1. The van der Waals surface area contributed by atoms with E-state index in [-0.39, 0.29) is 17.1 Å². The highest BCUT2D eigenvalue weighted by Gasteiger charge is 2.17. The highest BCUT2D eigenvalue weighted by molar-refractivity contribution is 7.91. The Morgan fingerprint density at radius 2 is 1.77 bits per heavy atom. The van der Waals surface area contributed by atoms with Gasteiger partial charge >= 0.3 is 0 Å². The number of ether oxygens (including phenoxy) is 2. The fourth-order valence-corrected chi connectivity index (χ4v) is 5.51. The van der Waals surface area contributed by atoms with Gasteiger partial charge in [-0.25, -0.2) is 8.42 Å². The summed E-state index contributed by atoms with van der Waals surface area (Å²) in [5.74, 6) is 0.362. The number of benzene rings is 2. The van der Waals surface area contributed by atoms with Crippen molar-refractivity contribution in [3.8, 4) is 11.5 Å². The number of carbonyl (C=O) groups excluding carboxylic acids is 1. The Kier molecular flexibility index (Phi) is 7.40. The van der Waals surface area contributed by atoms with Gasteiger partial charge in [-0.3, -0.25) is 4.79 Å². The Morgan fingerprint density at radius 3 is 2.39 bits per heavy atom. The Labute approximate surface area is 189 Å². The van der Waals surface area contributed by atoms with Crippen LogP contribution in [0.4, 0.5) is 0 Å². The number of hydrogen-bond acceptors (Lipinski definition) is 6. The number of nitrogens with zero attached hydrogens (tertiary/aromatic N) is 2. The number of aryl methyl sites for hydroxylation is 1. The lowest BCUT2D eigenvalue weighted by Gasteiger charge is -2.08. The molecule has 31 heavy (non-hydrogen) atoms. The lowest BCUT2D eigenvalue weighted by atomic mass is 10.3. The van der Waals surface area contributed by atoms with E-state index in [1.807, 2.05) is 23.6 Å². The van der Waals surface area contributed by atoms with Gasteiger partial charge in [-0.05, 0) is 30.7 Å². The first-order chi connectivity index (χ1) is 14.8. The Morgan fingerprint density at radius 1 is 1.13 bits per heavy atom. The van der Waals surface area contributed by atoms with Crippen LogP contribution >= 0.6 is 22.9 Å². The molecule has 7 nitrogen and oxygen atoms in total. The van der Waals surface area contributed by atoms with Crippen LogP contribution in [0.3, 0.4) is 0 Å². The van der Waals surface area contributed by atoms with Gasteiger partial charge in [-0.15, -0.1) is 0 Å². The zero-order valence-corrected chi connectivity index (χ0v) is 19.8. The predicted octanol–water partition coefficient (Wildman–Crippen LogP) is 4.07. The minimum absolute atomic E-state index is 0.131. The molecule has 0 N–H and O–H groups in total. The zero-order chi connectivity index (χ0) is 22.6. The van der Waals surface area contributed by atoms with Crippen LogP contribution in [0.15, 0.2) is 46.3 Å². The number of rotatable bonds is 8. The van der Waals surface area contributed by atoms with Crippen molar-refractivity contribution >= 4 is 48.9 Å². The summed E-state index contributed by atoms with van der Waals surface area (Å²) in [6.45, 7) is 2.69.